The number of benzene rings is 1. The van der Waals surface area contributed by atoms with Gasteiger partial charge in [-0.1, -0.05) is 12.1 Å². The first-order chi connectivity index (χ1) is 9.91. The van der Waals surface area contributed by atoms with Crippen LogP contribution in [0.1, 0.15) is 12.0 Å². The van der Waals surface area contributed by atoms with Crippen molar-refractivity contribution in [1.29, 1.82) is 0 Å². The van der Waals surface area contributed by atoms with Crippen LogP contribution in [0.3, 0.4) is 0 Å². The van der Waals surface area contributed by atoms with Gasteiger partial charge in [-0.25, -0.2) is 0 Å². The standard InChI is InChI=1S/C14H18F3NO3/c1-20-13-6-11(9-19)18(8-13)7-10-3-2-4-12(5-10)21-14(15,16)17/h2-5,11,13,19H,6-9H2,1H3/t11-,13-/m0/s1. The van der Waals surface area contributed by atoms with E-state index in [0.717, 1.165) is 0 Å². The van der Waals surface area contributed by atoms with Crippen LogP contribution >= 0.6 is 0 Å². The number of ether oxygens (including phenoxy) is 2. The molecule has 1 N–H and O–H groups in total. The highest BCUT2D eigenvalue weighted by atomic mass is 19.4. The predicted octanol–water partition coefficient (Wildman–Crippen LogP) is 2.17. The quantitative estimate of drug-likeness (QED) is 0.905. The van der Waals surface area contributed by atoms with Gasteiger partial charge in [-0.15, -0.1) is 13.2 Å². The minimum Gasteiger partial charge on any atom is -0.406 e. The predicted molar refractivity (Wildman–Crippen MR) is 69.8 cm³/mol. The lowest BCUT2D eigenvalue weighted by atomic mass is 10.2. The molecule has 0 aliphatic carbocycles. The number of hydrogen-bond donors (Lipinski definition) is 1. The van der Waals surface area contributed by atoms with E-state index in [1.54, 1.807) is 13.2 Å². The molecule has 0 bridgehead atoms. The zero-order chi connectivity index (χ0) is 15.5. The zero-order valence-corrected chi connectivity index (χ0v) is 11.6. The molecule has 1 saturated heterocycles. The number of nitrogens with zero attached hydrogens (tertiary/aromatic N) is 1. The van der Waals surface area contributed by atoms with Gasteiger partial charge in [0.1, 0.15) is 5.75 Å². The normalized spacial score (nSPS) is 23.5. The smallest absolute Gasteiger partial charge is 0.406 e. The summed E-state index contributed by atoms with van der Waals surface area (Å²) in [5.41, 5.74) is 0.701. The molecular weight excluding hydrogens is 287 g/mol. The third kappa shape index (κ3) is 4.59. The minimum atomic E-state index is -4.69. The minimum absolute atomic E-state index is 0.00139. The zero-order valence-electron chi connectivity index (χ0n) is 11.6. The third-order valence-corrected chi connectivity index (χ3v) is 3.55. The number of aliphatic hydroxyl groups excluding tert-OH is 1. The molecule has 1 fully saturated rings. The van der Waals surface area contributed by atoms with E-state index in [2.05, 4.69) is 4.74 Å². The maximum absolute atomic E-state index is 12.2. The van der Waals surface area contributed by atoms with E-state index in [9.17, 15) is 18.3 Å². The molecule has 0 unspecified atom stereocenters. The van der Waals surface area contributed by atoms with Crippen LogP contribution in [0, 0.1) is 0 Å². The van der Waals surface area contributed by atoms with E-state index in [1.165, 1.54) is 18.2 Å². The summed E-state index contributed by atoms with van der Waals surface area (Å²) in [5.74, 6) is -0.233. The van der Waals surface area contributed by atoms with Gasteiger partial charge in [0.2, 0.25) is 0 Å². The summed E-state index contributed by atoms with van der Waals surface area (Å²) in [4.78, 5) is 2.00. The number of alkyl halides is 3. The first-order valence-electron chi connectivity index (χ1n) is 6.63. The van der Waals surface area contributed by atoms with E-state index in [0.29, 0.717) is 25.1 Å². The number of hydrogen-bond acceptors (Lipinski definition) is 4. The van der Waals surface area contributed by atoms with Crippen molar-refractivity contribution in [2.75, 3.05) is 20.3 Å². The summed E-state index contributed by atoms with van der Waals surface area (Å²) < 4.78 is 45.8. The molecule has 21 heavy (non-hydrogen) atoms. The topological polar surface area (TPSA) is 41.9 Å². The Morgan fingerprint density at radius 2 is 2.14 bits per heavy atom. The van der Waals surface area contributed by atoms with Crippen molar-refractivity contribution >= 4 is 0 Å². The fourth-order valence-corrected chi connectivity index (χ4v) is 2.57. The number of aliphatic hydroxyl groups is 1. The maximum Gasteiger partial charge on any atom is 0.573 e. The van der Waals surface area contributed by atoms with Gasteiger partial charge in [0.25, 0.3) is 0 Å². The van der Waals surface area contributed by atoms with Crippen LogP contribution in [0.25, 0.3) is 0 Å². The highest BCUT2D eigenvalue weighted by Crippen LogP contribution is 2.26. The van der Waals surface area contributed by atoms with Crippen LogP contribution in [-0.2, 0) is 11.3 Å². The molecule has 0 saturated carbocycles. The number of rotatable bonds is 5. The molecule has 0 radical (unpaired) electrons. The number of halogens is 3. The number of methoxy groups -OCH3 is 1. The summed E-state index contributed by atoms with van der Waals surface area (Å²) in [5, 5.41) is 9.36. The van der Waals surface area contributed by atoms with Crippen LogP contribution in [-0.4, -0.2) is 48.8 Å². The monoisotopic (exact) mass is 305 g/mol. The van der Waals surface area contributed by atoms with Gasteiger partial charge in [0.05, 0.1) is 12.7 Å². The van der Waals surface area contributed by atoms with Gasteiger partial charge in [0, 0.05) is 26.2 Å². The Balaban J connectivity index is 2.04. The van der Waals surface area contributed by atoms with Crippen LogP contribution in [0.5, 0.6) is 5.75 Å². The summed E-state index contributed by atoms with van der Waals surface area (Å²) in [7, 11) is 1.61. The van der Waals surface area contributed by atoms with Gasteiger partial charge in [-0.05, 0) is 24.1 Å². The van der Waals surface area contributed by atoms with E-state index in [1.807, 2.05) is 4.90 Å². The van der Waals surface area contributed by atoms with Gasteiger partial charge in [-0.3, -0.25) is 4.90 Å². The molecule has 1 aromatic rings. The molecule has 1 heterocycles. The van der Waals surface area contributed by atoms with Crippen molar-refractivity contribution in [3.05, 3.63) is 29.8 Å². The molecule has 2 rings (SSSR count). The molecule has 1 aliphatic heterocycles. The Morgan fingerprint density at radius 3 is 2.76 bits per heavy atom. The van der Waals surface area contributed by atoms with E-state index in [-0.39, 0.29) is 24.5 Å². The average Bonchev–Trinajstić information content (AvgIpc) is 2.79. The lowest BCUT2D eigenvalue weighted by molar-refractivity contribution is -0.274. The Bertz CT molecular complexity index is 467. The SMILES string of the molecule is CO[C@H]1C[C@@H](CO)N(Cc2cccc(OC(F)(F)F)c2)C1. The van der Waals surface area contributed by atoms with Crippen molar-refractivity contribution < 1.29 is 27.8 Å². The van der Waals surface area contributed by atoms with Crippen LogP contribution in [0.15, 0.2) is 24.3 Å². The molecule has 1 aromatic carbocycles. The van der Waals surface area contributed by atoms with Crippen LogP contribution in [0.4, 0.5) is 13.2 Å². The highest BCUT2D eigenvalue weighted by Gasteiger charge is 2.32. The Labute approximate surface area is 121 Å². The van der Waals surface area contributed by atoms with Gasteiger partial charge < -0.3 is 14.6 Å². The van der Waals surface area contributed by atoms with Crippen molar-refractivity contribution in [2.45, 2.75) is 31.5 Å². The fourth-order valence-electron chi connectivity index (χ4n) is 2.57. The summed E-state index contributed by atoms with van der Waals surface area (Å²) in [6.45, 7) is 1.09. The Morgan fingerprint density at radius 1 is 1.38 bits per heavy atom. The fraction of sp³-hybridized carbons (Fsp3) is 0.571. The molecule has 1 aliphatic rings. The van der Waals surface area contributed by atoms with Crippen molar-refractivity contribution in [3.8, 4) is 5.75 Å². The van der Waals surface area contributed by atoms with Crippen molar-refractivity contribution in [3.63, 3.8) is 0 Å². The maximum atomic E-state index is 12.2. The largest absolute Gasteiger partial charge is 0.573 e. The molecule has 0 aromatic heterocycles. The lowest BCUT2D eigenvalue weighted by Crippen LogP contribution is -2.32. The van der Waals surface area contributed by atoms with Crippen LogP contribution < -0.4 is 4.74 Å². The van der Waals surface area contributed by atoms with Gasteiger partial charge in [0.15, 0.2) is 0 Å². The second-order valence-corrected chi connectivity index (χ2v) is 5.05. The summed E-state index contributed by atoms with van der Waals surface area (Å²) in [6, 6.07) is 5.85. The average molecular weight is 305 g/mol. The summed E-state index contributed by atoms with van der Waals surface area (Å²) >= 11 is 0. The molecular formula is C14H18F3NO3. The van der Waals surface area contributed by atoms with Crippen molar-refractivity contribution in [1.82, 2.24) is 4.90 Å². The molecule has 2 atom stereocenters. The highest BCUT2D eigenvalue weighted by molar-refractivity contribution is 5.28. The second-order valence-electron chi connectivity index (χ2n) is 5.05. The van der Waals surface area contributed by atoms with Crippen molar-refractivity contribution in [2.24, 2.45) is 0 Å². The first kappa shape index (κ1) is 16.1. The molecule has 0 amide bonds. The van der Waals surface area contributed by atoms with Crippen LogP contribution in [0.2, 0.25) is 0 Å². The van der Waals surface area contributed by atoms with E-state index in [4.69, 9.17) is 4.74 Å². The Hall–Kier alpha value is -1.31. The summed E-state index contributed by atoms with van der Waals surface area (Å²) in [6.07, 6.45) is -3.94. The second kappa shape index (κ2) is 6.64. The van der Waals surface area contributed by atoms with Gasteiger partial charge >= 0.3 is 6.36 Å². The molecule has 4 nitrogen and oxygen atoms in total. The first-order valence-corrected chi connectivity index (χ1v) is 6.63. The molecule has 0 spiro atoms. The van der Waals surface area contributed by atoms with Gasteiger partial charge in [-0.2, -0.15) is 0 Å². The number of likely N-dealkylation sites (tertiary alicyclic amines) is 1. The molecule has 118 valence electrons. The third-order valence-electron chi connectivity index (χ3n) is 3.55. The van der Waals surface area contributed by atoms with E-state index < -0.39 is 6.36 Å². The Kier molecular flexibility index (Phi) is 5.08. The lowest BCUT2D eigenvalue weighted by Gasteiger charge is -2.22. The molecule has 7 heteroatoms. The van der Waals surface area contributed by atoms with E-state index >= 15 is 0 Å².